The summed E-state index contributed by atoms with van der Waals surface area (Å²) in [5.41, 5.74) is 6.85. The maximum atomic E-state index is 11.5. The number of nitrogens with two attached hydrogens (primary N) is 1. The van der Waals surface area contributed by atoms with E-state index in [4.69, 9.17) is 10.5 Å². The van der Waals surface area contributed by atoms with Crippen LogP contribution in [0.4, 0.5) is 5.69 Å². The molecule has 0 aliphatic heterocycles. The van der Waals surface area contributed by atoms with Crippen LogP contribution < -0.4 is 15.8 Å². The number of carbonyl (C=O) groups is 1. The highest BCUT2D eigenvalue weighted by molar-refractivity contribution is 5.77. The van der Waals surface area contributed by atoms with Crippen LogP contribution in [0.2, 0.25) is 0 Å². The van der Waals surface area contributed by atoms with Gasteiger partial charge in [0.2, 0.25) is 0 Å². The average molecular weight is 247 g/mol. The third kappa shape index (κ3) is 3.51. The summed E-state index contributed by atoms with van der Waals surface area (Å²) < 4.78 is 9.92. The fourth-order valence-electron chi connectivity index (χ4n) is 1.28. The summed E-state index contributed by atoms with van der Waals surface area (Å²) in [6, 6.07) is 8.52. The van der Waals surface area contributed by atoms with Gasteiger partial charge in [-0.15, -0.1) is 0 Å². The second-order valence-electron chi connectivity index (χ2n) is 3.63. The molecule has 0 aliphatic carbocycles. The second kappa shape index (κ2) is 5.72. The maximum Gasteiger partial charge on any atom is 0.258 e. The maximum absolute atomic E-state index is 11.5. The molecule has 1 aromatic carbocycles. The fourth-order valence-corrected chi connectivity index (χ4v) is 1.28. The molecule has 2 rings (SSSR count). The van der Waals surface area contributed by atoms with E-state index < -0.39 is 0 Å². The van der Waals surface area contributed by atoms with Gasteiger partial charge in [0.05, 0.1) is 6.54 Å². The van der Waals surface area contributed by atoms with E-state index >= 15 is 0 Å². The Morgan fingerprint density at radius 2 is 2.11 bits per heavy atom. The van der Waals surface area contributed by atoms with E-state index in [1.807, 2.05) is 0 Å². The Hall–Kier alpha value is -2.50. The molecule has 0 bridgehead atoms. The van der Waals surface area contributed by atoms with Crippen LogP contribution in [0, 0.1) is 0 Å². The summed E-state index contributed by atoms with van der Waals surface area (Å²) >= 11 is 0. The lowest BCUT2D eigenvalue weighted by Crippen LogP contribution is -2.28. The number of hydrogen-bond acceptors (Lipinski definition) is 5. The monoisotopic (exact) mass is 247 g/mol. The minimum absolute atomic E-state index is 0.0538. The van der Waals surface area contributed by atoms with Crippen molar-refractivity contribution < 1.29 is 14.1 Å². The lowest BCUT2D eigenvalue weighted by Gasteiger charge is -2.06. The standard InChI is InChI=1S/C12H13N3O3/c13-9-1-3-11(4-2-9)17-8-12(16)14-7-10-5-6-18-15-10/h1-6H,7-8,13H2,(H,14,16). The van der Waals surface area contributed by atoms with Gasteiger partial charge in [0.1, 0.15) is 17.7 Å². The van der Waals surface area contributed by atoms with E-state index in [1.54, 1.807) is 30.3 Å². The van der Waals surface area contributed by atoms with Crippen molar-refractivity contribution in [1.82, 2.24) is 10.5 Å². The highest BCUT2D eigenvalue weighted by Gasteiger charge is 2.04. The molecule has 1 heterocycles. The fraction of sp³-hybridized carbons (Fsp3) is 0.167. The molecule has 0 unspecified atom stereocenters. The van der Waals surface area contributed by atoms with Gasteiger partial charge in [-0.3, -0.25) is 4.79 Å². The molecule has 1 amide bonds. The molecule has 0 spiro atoms. The molecular weight excluding hydrogens is 234 g/mol. The quantitative estimate of drug-likeness (QED) is 0.768. The van der Waals surface area contributed by atoms with E-state index in [1.165, 1.54) is 6.26 Å². The van der Waals surface area contributed by atoms with Gasteiger partial charge >= 0.3 is 0 Å². The van der Waals surface area contributed by atoms with Crippen LogP contribution in [-0.4, -0.2) is 17.7 Å². The first-order valence-electron chi connectivity index (χ1n) is 5.38. The van der Waals surface area contributed by atoms with E-state index in [9.17, 15) is 4.79 Å². The molecule has 94 valence electrons. The largest absolute Gasteiger partial charge is 0.484 e. The van der Waals surface area contributed by atoms with E-state index in [2.05, 4.69) is 15.0 Å². The van der Waals surface area contributed by atoms with Crippen molar-refractivity contribution in [3.8, 4) is 5.75 Å². The number of anilines is 1. The van der Waals surface area contributed by atoms with Crippen molar-refractivity contribution in [2.45, 2.75) is 6.54 Å². The van der Waals surface area contributed by atoms with Crippen molar-refractivity contribution >= 4 is 11.6 Å². The van der Waals surface area contributed by atoms with Gasteiger partial charge in [-0.05, 0) is 24.3 Å². The molecule has 0 atom stereocenters. The number of rotatable bonds is 5. The van der Waals surface area contributed by atoms with Crippen LogP contribution >= 0.6 is 0 Å². The van der Waals surface area contributed by atoms with Crippen LogP contribution in [0.5, 0.6) is 5.75 Å². The number of aromatic nitrogens is 1. The topological polar surface area (TPSA) is 90.4 Å². The molecular formula is C12H13N3O3. The zero-order chi connectivity index (χ0) is 12.8. The number of carbonyl (C=O) groups excluding carboxylic acids is 1. The van der Waals surface area contributed by atoms with E-state index in [0.29, 0.717) is 23.7 Å². The Morgan fingerprint density at radius 1 is 1.33 bits per heavy atom. The summed E-state index contributed by atoms with van der Waals surface area (Å²) in [4.78, 5) is 11.5. The Kier molecular flexibility index (Phi) is 3.80. The molecule has 3 N–H and O–H groups in total. The molecule has 6 nitrogen and oxygen atoms in total. The van der Waals surface area contributed by atoms with Crippen LogP contribution in [0.25, 0.3) is 0 Å². The Morgan fingerprint density at radius 3 is 2.78 bits per heavy atom. The number of nitrogens with zero attached hydrogens (tertiary/aromatic N) is 1. The predicted octanol–water partition coefficient (Wildman–Crippen LogP) is 0.952. The number of nitrogens with one attached hydrogen (secondary N) is 1. The molecule has 6 heteroatoms. The van der Waals surface area contributed by atoms with Gasteiger partial charge in [-0.1, -0.05) is 5.16 Å². The minimum atomic E-state index is -0.227. The normalized spacial score (nSPS) is 10.0. The van der Waals surface area contributed by atoms with Crippen molar-refractivity contribution in [1.29, 1.82) is 0 Å². The lowest BCUT2D eigenvalue weighted by atomic mass is 10.3. The molecule has 0 aliphatic rings. The molecule has 0 saturated heterocycles. The highest BCUT2D eigenvalue weighted by Crippen LogP contribution is 2.12. The van der Waals surface area contributed by atoms with Crippen LogP contribution in [0.3, 0.4) is 0 Å². The van der Waals surface area contributed by atoms with Crippen LogP contribution in [-0.2, 0) is 11.3 Å². The molecule has 0 fully saturated rings. The van der Waals surface area contributed by atoms with E-state index in [-0.39, 0.29) is 12.5 Å². The smallest absolute Gasteiger partial charge is 0.258 e. The first-order valence-corrected chi connectivity index (χ1v) is 5.38. The molecule has 0 radical (unpaired) electrons. The molecule has 1 aromatic heterocycles. The zero-order valence-electron chi connectivity index (χ0n) is 9.63. The summed E-state index contributed by atoms with van der Waals surface area (Å²) in [5.74, 6) is 0.371. The Bertz CT molecular complexity index is 494. The number of amides is 1. The molecule has 0 saturated carbocycles. The first kappa shape index (κ1) is 12.0. The lowest BCUT2D eigenvalue weighted by molar-refractivity contribution is -0.123. The Balaban J connectivity index is 1.73. The minimum Gasteiger partial charge on any atom is -0.484 e. The highest BCUT2D eigenvalue weighted by atomic mass is 16.5. The van der Waals surface area contributed by atoms with Crippen LogP contribution in [0.1, 0.15) is 5.69 Å². The van der Waals surface area contributed by atoms with Gasteiger partial charge in [0.25, 0.3) is 5.91 Å². The van der Waals surface area contributed by atoms with Crippen LogP contribution in [0.15, 0.2) is 41.1 Å². The first-order chi connectivity index (χ1) is 8.74. The van der Waals surface area contributed by atoms with Gasteiger partial charge in [-0.25, -0.2) is 0 Å². The zero-order valence-corrected chi connectivity index (χ0v) is 9.63. The van der Waals surface area contributed by atoms with Gasteiger partial charge in [0, 0.05) is 11.8 Å². The number of hydrogen-bond donors (Lipinski definition) is 2. The summed E-state index contributed by atoms with van der Waals surface area (Å²) in [5, 5.41) is 6.33. The van der Waals surface area contributed by atoms with E-state index in [0.717, 1.165) is 0 Å². The predicted molar refractivity (Wildman–Crippen MR) is 64.7 cm³/mol. The van der Waals surface area contributed by atoms with Crippen molar-refractivity contribution in [3.63, 3.8) is 0 Å². The summed E-state index contributed by atoms with van der Waals surface area (Å²) in [7, 11) is 0. The number of nitrogen functional groups attached to an aromatic ring is 1. The SMILES string of the molecule is Nc1ccc(OCC(=O)NCc2ccon2)cc1. The summed E-state index contributed by atoms with van der Waals surface area (Å²) in [6.07, 6.45) is 1.45. The molecule has 2 aromatic rings. The van der Waals surface area contributed by atoms with Gasteiger partial charge in [-0.2, -0.15) is 0 Å². The number of ether oxygens (including phenoxy) is 1. The summed E-state index contributed by atoms with van der Waals surface area (Å²) in [6.45, 7) is 0.266. The third-order valence-electron chi connectivity index (χ3n) is 2.21. The third-order valence-corrected chi connectivity index (χ3v) is 2.21. The number of benzene rings is 1. The van der Waals surface area contributed by atoms with Crippen molar-refractivity contribution in [2.75, 3.05) is 12.3 Å². The molecule has 18 heavy (non-hydrogen) atoms. The van der Waals surface area contributed by atoms with Gasteiger partial charge in [0.15, 0.2) is 6.61 Å². The second-order valence-corrected chi connectivity index (χ2v) is 3.63. The Labute approximate surface area is 104 Å². The van der Waals surface area contributed by atoms with Crippen molar-refractivity contribution in [2.24, 2.45) is 0 Å². The average Bonchev–Trinajstić information content (AvgIpc) is 2.89. The van der Waals surface area contributed by atoms with Gasteiger partial charge < -0.3 is 20.3 Å². The van der Waals surface area contributed by atoms with Crippen molar-refractivity contribution in [3.05, 3.63) is 42.3 Å².